The summed E-state index contributed by atoms with van der Waals surface area (Å²) < 4.78 is 22.1. The van der Waals surface area contributed by atoms with E-state index in [-0.39, 0.29) is 0 Å². The van der Waals surface area contributed by atoms with Crippen molar-refractivity contribution >= 4 is 12.0 Å². The minimum absolute atomic E-state index is 0.426. The van der Waals surface area contributed by atoms with Gasteiger partial charge in [0.15, 0.2) is 0 Å². The fraction of sp³-hybridized carbons (Fsp3) is 0.206. The summed E-state index contributed by atoms with van der Waals surface area (Å²) in [5.41, 5.74) is 3.38. The minimum atomic E-state index is -0.490. The molecule has 0 spiro atoms. The molecule has 0 aliphatic rings. The Hall–Kier alpha value is -4.51. The maximum Gasteiger partial charge on any atom is 0.335 e. The Labute approximate surface area is 231 Å². The van der Waals surface area contributed by atoms with E-state index in [1.54, 1.807) is 30.3 Å². The highest BCUT2D eigenvalue weighted by atomic mass is 16.5. The summed E-state index contributed by atoms with van der Waals surface area (Å²) >= 11 is 0. The van der Waals surface area contributed by atoms with Crippen LogP contribution in [0.15, 0.2) is 117 Å². The average Bonchev–Trinajstić information content (AvgIpc) is 2.98. The van der Waals surface area contributed by atoms with Gasteiger partial charge in [-0.25, -0.2) is 4.79 Å². The van der Waals surface area contributed by atoms with Crippen LogP contribution >= 0.6 is 0 Å². The molecule has 0 saturated carbocycles. The van der Waals surface area contributed by atoms with E-state index in [0.717, 1.165) is 54.2 Å². The molecule has 0 aliphatic carbocycles. The molecule has 5 heteroatoms. The van der Waals surface area contributed by atoms with E-state index in [0.29, 0.717) is 37.1 Å². The number of benzene rings is 3. The minimum Gasteiger partial charge on any atom is -0.494 e. The molecular weight excluding hydrogens is 488 g/mol. The van der Waals surface area contributed by atoms with Crippen molar-refractivity contribution in [1.29, 1.82) is 0 Å². The molecule has 0 saturated heterocycles. The molecule has 3 aromatic rings. The first-order valence-electron chi connectivity index (χ1n) is 13.1. The summed E-state index contributed by atoms with van der Waals surface area (Å²) in [4.78, 5) is 11.2. The van der Waals surface area contributed by atoms with Crippen LogP contribution in [-0.4, -0.2) is 25.8 Å². The van der Waals surface area contributed by atoms with Crippen molar-refractivity contribution < 1.29 is 23.7 Å². The molecule has 0 radical (unpaired) electrons. The van der Waals surface area contributed by atoms with Gasteiger partial charge in [0.1, 0.15) is 29.6 Å². The van der Waals surface area contributed by atoms with Crippen LogP contribution in [0.4, 0.5) is 0 Å². The number of carbonyl (C=O) groups is 1. The highest BCUT2D eigenvalue weighted by Gasteiger charge is 2.01. The van der Waals surface area contributed by atoms with E-state index in [1.165, 1.54) is 0 Å². The zero-order valence-corrected chi connectivity index (χ0v) is 22.3. The zero-order valence-electron chi connectivity index (χ0n) is 22.3. The number of rotatable bonds is 17. The Kier molecular flexibility index (Phi) is 12.2. The van der Waals surface area contributed by atoms with Gasteiger partial charge in [0.25, 0.3) is 0 Å². The quantitative estimate of drug-likeness (QED) is 0.0445. The number of hydrogen-bond donors (Lipinski definition) is 0. The third kappa shape index (κ3) is 10.8. The molecule has 0 aromatic heterocycles. The maximum absolute atomic E-state index is 11.2. The van der Waals surface area contributed by atoms with Crippen molar-refractivity contribution in [2.24, 2.45) is 0 Å². The fourth-order valence-electron chi connectivity index (χ4n) is 3.63. The van der Waals surface area contributed by atoms with Crippen molar-refractivity contribution in [2.75, 3.05) is 19.8 Å². The van der Waals surface area contributed by atoms with Crippen molar-refractivity contribution in [1.82, 2.24) is 0 Å². The fourth-order valence-corrected chi connectivity index (χ4v) is 3.63. The second-order valence-corrected chi connectivity index (χ2v) is 8.74. The van der Waals surface area contributed by atoms with Gasteiger partial charge < -0.3 is 18.9 Å². The van der Waals surface area contributed by atoms with Gasteiger partial charge in [-0.05, 0) is 90.9 Å². The summed E-state index contributed by atoms with van der Waals surface area (Å²) in [5, 5.41) is 0. The van der Waals surface area contributed by atoms with Crippen LogP contribution in [-0.2, 0) is 9.53 Å². The Bertz CT molecular complexity index is 1220. The molecule has 0 bridgehead atoms. The number of hydrogen-bond acceptors (Lipinski definition) is 5. The van der Waals surface area contributed by atoms with Gasteiger partial charge in [-0.3, -0.25) is 0 Å². The number of carbonyl (C=O) groups excluding carboxylic acids is 1. The predicted molar refractivity (Wildman–Crippen MR) is 158 cm³/mol. The lowest BCUT2D eigenvalue weighted by molar-refractivity contribution is -0.128. The first-order valence-corrected chi connectivity index (χ1v) is 13.1. The molecule has 3 rings (SSSR count). The standard InChI is InChI=1S/C34H36O5/c1-4-27(3)36-24-8-6-7-9-25-37-31-18-16-30(17-19-31)29-14-12-28(13-15-29)11-10-26-38-32-20-22-33(23-21-32)39-34(35)5-2/h4-5,10-23H,1-3,6-9,24-26H2/b11-10+. The molecule has 0 N–H and O–H groups in total. The second-order valence-electron chi connectivity index (χ2n) is 8.74. The molecule has 39 heavy (non-hydrogen) atoms. The van der Waals surface area contributed by atoms with E-state index in [2.05, 4.69) is 56.1 Å². The lowest BCUT2D eigenvalue weighted by Gasteiger charge is -2.08. The molecule has 3 aromatic carbocycles. The van der Waals surface area contributed by atoms with Gasteiger partial charge in [-0.15, -0.1) is 0 Å². The van der Waals surface area contributed by atoms with Gasteiger partial charge in [-0.2, -0.15) is 0 Å². The van der Waals surface area contributed by atoms with Crippen molar-refractivity contribution in [3.8, 4) is 28.4 Å². The largest absolute Gasteiger partial charge is 0.494 e. The van der Waals surface area contributed by atoms with Crippen molar-refractivity contribution in [3.05, 3.63) is 122 Å². The van der Waals surface area contributed by atoms with Gasteiger partial charge in [0, 0.05) is 6.08 Å². The molecule has 5 nitrogen and oxygen atoms in total. The number of unbranched alkanes of at least 4 members (excludes halogenated alkanes) is 3. The van der Waals surface area contributed by atoms with Crippen LogP contribution in [0.25, 0.3) is 17.2 Å². The molecular formula is C34H36O5. The van der Waals surface area contributed by atoms with Gasteiger partial charge >= 0.3 is 5.97 Å². The zero-order chi connectivity index (χ0) is 27.7. The highest BCUT2D eigenvalue weighted by Crippen LogP contribution is 2.23. The van der Waals surface area contributed by atoms with Gasteiger partial charge in [0.2, 0.25) is 0 Å². The SMILES string of the molecule is C=CC(=C)OCCCCCCOc1ccc(-c2ccc(/C=C/COc3ccc(OC(=O)C=C)cc3)cc2)cc1. The maximum atomic E-state index is 11.2. The Balaban J connectivity index is 1.35. The number of ether oxygens (including phenoxy) is 4. The van der Waals surface area contributed by atoms with E-state index >= 15 is 0 Å². The highest BCUT2D eigenvalue weighted by molar-refractivity contribution is 5.83. The summed E-state index contributed by atoms with van der Waals surface area (Å²) in [6.07, 6.45) is 11.0. The summed E-state index contributed by atoms with van der Waals surface area (Å²) in [5.74, 6) is 2.17. The molecule has 0 fully saturated rings. The normalized spacial score (nSPS) is 10.6. The second kappa shape index (κ2) is 16.4. The van der Waals surface area contributed by atoms with E-state index in [1.807, 2.05) is 24.3 Å². The smallest absolute Gasteiger partial charge is 0.335 e. The van der Waals surface area contributed by atoms with Crippen LogP contribution in [0.1, 0.15) is 31.2 Å². The van der Waals surface area contributed by atoms with Crippen molar-refractivity contribution in [2.45, 2.75) is 25.7 Å². The Morgan fingerprint density at radius 1 is 0.667 bits per heavy atom. The molecule has 0 atom stereocenters. The topological polar surface area (TPSA) is 54.0 Å². The van der Waals surface area contributed by atoms with Crippen LogP contribution in [0.3, 0.4) is 0 Å². The molecule has 0 aliphatic heterocycles. The third-order valence-corrected chi connectivity index (χ3v) is 5.79. The van der Waals surface area contributed by atoms with Gasteiger partial charge in [-0.1, -0.05) is 62.2 Å². The molecule has 0 unspecified atom stereocenters. The monoisotopic (exact) mass is 524 g/mol. The predicted octanol–water partition coefficient (Wildman–Crippen LogP) is 8.19. The summed E-state index contributed by atoms with van der Waals surface area (Å²) in [7, 11) is 0. The molecule has 0 heterocycles. The van der Waals surface area contributed by atoms with Crippen LogP contribution in [0.2, 0.25) is 0 Å². The third-order valence-electron chi connectivity index (χ3n) is 5.79. The Morgan fingerprint density at radius 2 is 1.23 bits per heavy atom. The Morgan fingerprint density at radius 3 is 1.87 bits per heavy atom. The number of allylic oxidation sites excluding steroid dienone is 1. The van der Waals surface area contributed by atoms with Crippen LogP contribution < -0.4 is 14.2 Å². The van der Waals surface area contributed by atoms with E-state index < -0.39 is 5.97 Å². The molecule has 202 valence electrons. The average molecular weight is 525 g/mol. The summed E-state index contributed by atoms with van der Waals surface area (Å²) in [6.45, 7) is 12.6. The summed E-state index contributed by atoms with van der Waals surface area (Å²) in [6, 6.07) is 23.5. The molecule has 0 amide bonds. The van der Waals surface area contributed by atoms with E-state index in [4.69, 9.17) is 18.9 Å². The van der Waals surface area contributed by atoms with Gasteiger partial charge in [0.05, 0.1) is 13.2 Å². The first kappa shape index (κ1) is 29.1. The first-order chi connectivity index (χ1) is 19.1. The van der Waals surface area contributed by atoms with E-state index in [9.17, 15) is 4.79 Å². The van der Waals surface area contributed by atoms with Crippen molar-refractivity contribution in [3.63, 3.8) is 0 Å². The lowest BCUT2D eigenvalue weighted by Crippen LogP contribution is -2.02. The number of esters is 1. The van der Waals surface area contributed by atoms with Crippen LogP contribution in [0, 0.1) is 0 Å². The van der Waals surface area contributed by atoms with Crippen LogP contribution in [0.5, 0.6) is 17.2 Å². The lowest BCUT2D eigenvalue weighted by atomic mass is 10.0.